The molecule has 4 nitrogen and oxygen atoms in total. The minimum atomic E-state index is -0.264. The predicted molar refractivity (Wildman–Crippen MR) is 76.2 cm³/mol. The fourth-order valence-corrected chi connectivity index (χ4v) is 2.14. The van der Waals surface area contributed by atoms with E-state index in [0.717, 1.165) is 22.4 Å². The smallest absolute Gasteiger partial charge is 0.123 e. The Morgan fingerprint density at radius 2 is 1.85 bits per heavy atom. The average Bonchev–Trinajstić information content (AvgIpc) is 2.82. The standard InChI is InChI=1S/C15H13FN4/c1-20-9-13(11-6-7-18-14(17)8-11)15(19-20)10-2-4-12(16)5-3-10/h2-9H,1H3,(H2,17,18). The first kappa shape index (κ1) is 12.3. The van der Waals surface area contributed by atoms with Crippen LogP contribution in [0, 0.1) is 5.82 Å². The molecular weight excluding hydrogens is 255 g/mol. The topological polar surface area (TPSA) is 56.7 Å². The van der Waals surface area contributed by atoms with E-state index in [9.17, 15) is 4.39 Å². The number of anilines is 1. The lowest BCUT2D eigenvalue weighted by molar-refractivity contribution is 0.628. The number of aromatic nitrogens is 3. The van der Waals surface area contributed by atoms with Gasteiger partial charge in [0.1, 0.15) is 17.3 Å². The maximum atomic E-state index is 13.0. The summed E-state index contributed by atoms with van der Waals surface area (Å²) in [6.45, 7) is 0. The second-order valence-electron chi connectivity index (χ2n) is 4.54. The number of benzene rings is 1. The van der Waals surface area contributed by atoms with Crippen LogP contribution in [0.1, 0.15) is 0 Å². The highest BCUT2D eigenvalue weighted by molar-refractivity contribution is 5.81. The first-order valence-electron chi connectivity index (χ1n) is 6.15. The number of nitrogens with zero attached hydrogens (tertiary/aromatic N) is 3. The number of aryl methyl sites for hydroxylation is 1. The van der Waals surface area contributed by atoms with Crippen LogP contribution in [0.3, 0.4) is 0 Å². The van der Waals surface area contributed by atoms with Crippen LogP contribution < -0.4 is 5.73 Å². The summed E-state index contributed by atoms with van der Waals surface area (Å²) in [5.74, 6) is 0.191. The molecule has 0 aliphatic heterocycles. The van der Waals surface area contributed by atoms with E-state index in [4.69, 9.17) is 5.73 Å². The molecule has 5 heteroatoms. The van der Waals surface area contributed by atoms with Crippen molar-refractivity contribution in [3.05, 3.63) is 54.6 Å². The van der Waals surface area contributed by atoms with Gasteiger partial charge in [0.2, 0.25) is 0 Å². The summed E-state index contributed by atoms with van der Waals surface area (Å²) in [4.78, 5) is 3.99. The summed E-state index contributed by atoms with van der Waals surface area (Å²) in [6.07, 6.45) is 3.57. The van der Waals surface area contributed by atoms with Gasteiger partial charge in [-0.1, -0.05) is 0 Å². The van der Waals surface area contributed by atoms with E-state index in [1.807, 2.05) is 19.3 Å². The van der Waals surface area contributed by atoms with Gasteiger partial charge in [-0.05, 0) is 42.0 Å². The third-order valence-electron chi connectivity index (χ3n) is 3.04. The van der Waals surface area contributed by atoms with Crippen LogP contribution in [0.4, 0.5) is 10.2 Å². The van der Waals surface area contributed by atoms with E-state index in [-0.39, 0.29) is 5.82 Å². The molecule has 0 unspecified atom stereocenters. The lowest BCUT2D eigenvalue weighted by atomic mass is 10.0. The van der Waals surface area contributed by atoms with Gasteiger partial charge in [-0.15, -0.1) is 0 Å². The Balaban J connectivity index is 2.15. The van der Waals surface area contributed by atoms with Crippen LogP contribution in [0.2, 0.25) is 0 Å². The molecule has 3 rings (SSSR count). The highest BCUT2D eigenvalue weighted by atomic mass is 19.1. The molecule has 100 valence electrons. The van der Waals surface area contributed by atoms with E-state index in [1.165, 1.54) is 12.1 Å². The number of rotatable bonds is 2. The van der Waals surface area contributed by atoms with Crippen LogP contribution in [-0.2, 0) is 7.05 Å². The maximum Gasteiger partial charge on any atom is 0.123 e. The first-order valence-corrected chi connectivity index (χ1v) is 6.15. The monoisotopic (exact) mass is 268 g/mol. The number of pyridine rings is 1. The summed E-state index contributed by atoms with van der Waals surface area (Å²) < 4.78 is 14.8. The Morgan fingerprint density at radius 1 is 1.10 bits per heavy atom. The molecule has 0 fully saturated rings. The van der Waals surface area contributed by atoms with Crippen molar-refractivity contribution < 1.29 is 4.39 Å². The maximum absolute atomic E-state index is 13.0. The number of halogens is 1. The fraction of sp³-hybridized carbons (Fsp3) is 0.0667. The van der Waals surface area contributed by atoms with Gasteiger partial charge in [-0.2, -0.15) is 5.10 Å². The van der Waals surface area contributed by atoms with Crippen molar-refractivity contribution in [2.45, 2.75) is 0 Å². The van der Waals surface area contributed by atoms with Crippen molar-refractivity contribution in [3.8, 4) is 22.4 Å². The van der Waals surface area contributed by atoms with Crippen LogP contribution in [0.5, 0.6) is 0 Å². The minimum Gasteiger partial charge on any atom is -0.384 e. The van der Waals surface area contributed by atoms with Crippen LogP contribution >= 0.6 is 0 Å². The van der Waals surface area contributed by atoms with Crippen molar-refractivity contribution in [1.82, 2.24) is 14.8 Å². The van der Waals surface area contributed by atoms with Gasteiger partial charge in [-0.25, -0.2) is 9.37 Å². The minimum absolute atomic E-state index is 0.264. The molecule has 0 saturated heterocycles. The molecular formula is C15H13FN4. The molecule has 2 heterocycles. The van der Waals surface area contributed by atoms with Crippen molar-refractivity contribution in [2.75, 3.05) is 5.73 Å². The second-order valence-corrected chi connectivity index (χ2v) is 4.54. The molecule has 0 amide bonds. The predicted octanol–water partition coefficient (Wildman–Crippen LogP) is 2.87. The Bertz CT molecular complexity index is 747. The number of nitrogens with two attached hydrogens (primary N) is 1. The van der Waals surface area contributed by atoms with Gasteiger partial charge in [0.25, 0.3) is 0 Å². The molecule has 0 aliphatic rings. The highest BCUT2D eigenvalue weighted by Crippen LogP contribution is 2.31. The van der Waals surface area contributed by atoms with Gasteiger partial charge in [-0.3, -0.25) is 4.68 Å². The summed E-state index contributed by atoms with van der Waals surface area (Å²) in [7, 11) is 1.85. The lowest BCUT2D eigenvalue weighted by Gasteiger charge is -2.03. The molecule has 0 bridgehead atoms. The third-order valence-corrected chi connectivity index (χ3v) is 3.04. The lowest BCUT2D eigenvalue weighted by Crippen LogP contribution is -1.90. The van der Waals surface area contributed by atoms with E-state index < -0.39 is 0 Å². The SMILES string of the molecule is Cn1cc(-c2ccnc(N)c2)c(-c2ccc(F)cc2)n1. The molecule has 3 aromatic rings. The van der Waals surface area contributed by atoms with Crippen molar-refractivity contribution >= 4 is 5.82 Å². The summed E-state index contributed by atoms with van der Waals surface area (Å²) >= 11 is 0. The zero-order valence-corrected chi connectivity index (χ0v) is 10.9. The Kier molecular flexibility index (Phi) is 2.95. The van der Waals surface area contributed by atoms with E-state index in [1.54, 1.807) is 29.1 Å². The van der Waals surface area contributed by atoms with Crippen molar-refractivity contribution in [1.29, 1.82) is 0 Å². The summed E-state index contributed by atoms with van der Waals surface area (Å²) in [6, 6.07) is 9.95. The van der Waals surface area contributed by atoms with E-state index >= 15 is 0 Å². The van der Waals surface area contributed by atoms with Gasteiger partial charge in [0.15, 0.2) is 0 Å². The second kappa shape index (κ2) is 4.77. The Hall–Kier alpha value is -2.69. The highest BCUT2D eigenvalue weighted by Gasteiger charge is 2.12. The van der Waals surface area contributed by atoms with E-state index in [2.05, 4.69) is 10.1 Å². The van der Waals surface area contributed by atoms with Crippen molar-refractivity contribution in [3.63, 3.8) is 0 Å². The quantitative estimate of drug-likeness (QED) is 0.777. The fourth-order valence-electron chi connectivity index (χ4n) is 2.14. The molecule has 0 saturated carbocycles. The van der Waals surface area contributed by atoms with Gasteiger partial charge >= 0.3 is 0 Å². The van der Waals surface area contributed by atoms with Gasteiger partial charge in [0.05, 0.1) is 0 Å². The molecule has 0 atom stereocenters. The molecule has 1 aromatic carbocycles. The molecule has 20 heavy (non-hydrogen) atoms. The van der Waals surface area contributed by atoms with Gasteiger partial charge < -0.3 is 5.73 Å². The largest absolute Gasteiger partial charge is 0.384 e. The molecule has 0 spiro atoms. The molecule has 0 aliphatic carbocycles. The molecule has 2 aromatic heterocycles. The summed E-state index contributed by atoms with van der Waals surface area (Å²) in [5, 5.41) is 4.45. The van der Waals surface area contributed by atoms with Crippen LogP contribution in [0.25, 0.3) is 22.4 Å². The third kappa shape index (κ3) is 2.25. The van der Waals surface area contributed by atoms with Crippen molar-refractivity contribution in [2.24, 2.45) is 7.05 Å². The number of hydrogen-bond acceptors (Lipinski definition) is 3. The van der Waals surface area contributed by atoms with Crippen LogP contribution in [0.15, 0.2) is 48.8 Å². The summed E-state index contributed by atoms with van der Waals surface area (Å²) in [5.41, 5.74) is 9.25. The number of hydrogen-bond donors (Lipinski definition) is 1. The van der Waals surface area contributed by atoms with Gasteiger partial charge in [0, 0.05) is 30.6 Å². The zero-order valence-electron chi connectivity index (χ0n) is 10.9. The first-order chi connectivity index (χ1) is 9.63. The average molecular weight is 268 g/mol. The Morgan fingerprint density at radius 3 is 2.55 bits per heavy atom. The van der Waals surface area contributed by atoms with E-state index in [0.29, 0.717) is 5.82 Å². The normalized spacial score (nSPS) is 10.7. The molecule has 0 radical (unpaired) electrons. The zero-order chi connectivity index (χ0) is 14.1. The Labute approximate surface area is 115 Å². The van der Waals surface area contributed by atoms with Crippen LogP contribution in [-0.4, -0.2) is 14.8 Å². The molecule has 2 N–H and O–H groups in total. The number of nitrogen functional groups attached to an aromatic ring is 1.